The lowest BCUT2D eigenvalue weighted by molar-refractivity contribution is 0.151. The third-order valence-electron chi connectivity index (χ3n) is 1.80. The van der Waals surface area contributed by atoms with Crippen molar-refractivity contribution >= 4 is 5.94 Å². The van der Waals surface area contributed by atoms with E-state index in [1.54, 1.807) is 5.94 Å². The fourth-order valence-corrected chi connectivity index (χ4v) is 1.35. The standard InChI is InChI=1S/C6H7NO2/c8-3-6-5-1-4(9-6)2-7-5/h4-5,7H,1-2H2. The molecule has 48 valence electrons. The van der Waals surface area contributed by atoms with Crippen molar-refractivity contribution in [3.05, 3.63) is 5.76 Å². The molecular formula is C6H7NO2. The molecule has 0 spiro atoms. The van der Waals surface area contributed by atoms with Crippen molar-refractivity contribution in [2.45, 2.75) is 18.6 Å². The number of nitrogens with one attached hydrogen (secondary N) is 1. The Bertz CT molecular complexity index is 183. The fraction of sp³-hybridized carbons (Fsp3) is 0.667. The lowest BCUT2D eigenvalue weighted by atomic mass is 10.2. The summed E-state index contributed by atoms with van der Waals surface area (Å²) < 4.78 is 5.14. The first-order valence-corrected chi connectivity index (χ1v) is 3.05. The Kier molecular flexibility index (Phi) is 0.891. The van der Waals surface area contributed by atoms with Gasteiger partial charge in [-0.05, 0) is 0 Å². The van der Waals surface area contributed by atoms with E-state index >= 15 is 0 Å². The second-order valence-electron chi connectivity index (χ2n) is 2.40. The van der Waals surface area contributed by atoms with Crippen LogP contribution in [0.25, 0.3) is 0 Å². The van der Waals surface area contributed by atoms with Crippen LogP contribution in [0.15, 0.2) is 5.76 Å². The summed E-state index contributed by atoms with van der Waals surface area (Å²) in [5.74, 6) is 2.24. The molecule has 3 nitrogen and oxygen atoms in total. The summed E-state index contributed by atoms with van der Waals surface area (Å²) in [5, 5.41) is 3.13. The Morgan fingerprint density at radius 2 is 2.67 bits per heavy atom. The molecule has 2 aliphatic rings. The molecule has 2 rings (SSSR count). The topological polar surface area (TPSA) is 38.3 Å². The van der Waals surface area contributed by atoms with Crippen LogP contribution in [0.1, 0.15) is 6.42 Å². The van der Waals surface area contributed by atoms with Crippen LogP contribution in [0, 0.1) is 0 Å². The molecule has 2 atom stereocenters. The van der Waals surface area contributed by atoms with Crippen molar-refractivity contribution < 1.29 is 9.53 Å². The van der Waals surface area contributed by atoms with Gasteiger partial charge < -0.3 is 10.1 Å². The molecule has 0 aromatic carbocycles. The highest BCUT2D eigenvalue weighted by molar-refractivity contribution is 5.53. The first kappa shape index (κ1) is 5.03. The van der Waals surface area contributed by atoms with E-state index in [-0.39, 0.29) is 12.1 Å². The van der Waals surface area contributed by atoms with Crippen molar-refractivity contribution in [1.29, 1.82) is 0 Å². The third kappa shape index (κ3) is 0.590. The van der Waals surface area contributed by atoms with E-state index in [0.717, 1.165) is 13.0 Å². The zero-order valence-electron chi connectivity index (χ0n) is 4.89. The van der Waals surface area contributed by atoms with Crippen LogP contribution < -0.4 is 5.32 Å². The number of ether oxygens (including phenoxy) is 1. The Labute approximate surface area is 52.7 Å². The first-order valence-electron chi connectivity index (χ1n) is 3.05. The minimum absolute atomic E-state index is 0.174. The van der Waals surface area contributed by atoms with Crippen LogP contribution in [0.2, 0.25) is 0 Å². The van der Waals surface area contributed by atoms with Gasteiger partial charge in [-0.25, -0.2) is 4.79 Å². The zero-order valence-corrected chi connectivity index (χ0v) is 4.89. The predicted molar refractivity (Wildman–Crippen MR) is 30.5 cm³/mol. The van der Waals surface area contributed by atoms with Crippen molar-refractivity contribution in [1.82, 2.24) is 5.32 Å². The number of hydrogen-bond donors (Lipinski definition) is 1. The molecule has 2 unspecified atom stereocenters. The molecule has 2 saturated heterocycles. The van der Waals surface area contributed by atoms with E-state index in [0.29, 0.717) is 5.76 Å². The maximum absolute atomic E-state index is 10.1. The molecule has 0 saturated carbocycles. The monoisotopic (exact) mass is 125 g/mol. The maximum atomic E-state index is 10.1. The minimum atomic E-state index is 0.174. The lowest BCUT2D eigenvalue weighted by Crippen LogP contribution is -2.29. The molecule has 2 heterocycles. The molecule has 0 aromatic heterocycles. The van der Waals surface area contributed by atoms with Gasteiger partial charge in [-0.3, -0.25) is 0 Å². The summed E-state index contributed by atoms with van der Waals surface area (Å²) in [6.45, 7) is 0.885. The molecule has 9 heavy (non-hydrogen) atoms. The normalized spacial score (nSPS) is 38.4. The average Bonchev–Trinajstić information content (AvgIpc) is 2.45. The fourth-order valence-electron chi connectivity index (χ4n) is 1.35. The van der Waals surface area contributed by atoms with Crippen LogP contribution in [0.3, 0.4) is 0 Å². The van der Waals surface area contributed by atoms with Crippen LogP contribution in [0.5, 0.6) is 0 Å². The lowest BCUT2D eigenvalue weighted by Gasteiger charge is -2.12. The van der Waals surface area contributed by atoms with Gasteiger partial charge in [0.1, 0.15) is 6.10 Å². The molecular weight excluding hydrogens is 118 g/mol. The van der Waals surface area contributed by atoms with Gasteiger partial charge in [0, 0.05) is 13.0 Å². The summed E-state index contributed by atoms with van der Waals surface area (Å²) in [6, 6.07) is 0.174. The summed E-state index contributed by atoms with van der Waals surface area (Å²) in [4.78, 5) is 10.1. The highest BCUT2D eigenvalue weighted by Crippen LogP contribution is 2.26. The molecule has 3 heteroatoms. The van der Waals surface area contributed by atoms with Gasteiger partial charge in [0.15, 0.2) is 11.7 Å². The first-order chi connectivity index (χ1) is 4.40. The van der Waals surface area contributed by atoms with Crippen molar-refractivity contribution in [2.75, 3.05) is 6.54 Å². The van der Waals surface area contributed by atoms with E-state index in [2.05, 4.69) is 5.32 Å². The van der Waals surface area contributed by atoms with E-state index in [1.807, 2.05) is 0 Å². The van der Waals surface area contributed by atoms with Gasteiger partial charge in [0.2, 0.25) is 0 Å². The smallest absolute Gasteiger partial charge is 0.197 e. The van der Waals surface area contributed by atoms with E-state index in [1.165, 1.54) is 0 Å². The minimum Gasteiger partial charge on any atom is -0.480 e. The second kappa shape index (κ2) is 1.59. The van der Waals surface area contributed by atoms with Crippen LogP contribution in [-0.2, 0) is 9.53 Å². The van der Waals surface area contributed by atoms with Crippen molar-refractivity contribution in [3.8, 4) is 0 Å². The Balaban J connectivity index is 2.28. The van der Waals surface area contributed by atoms with E-state index in [4.69, 9.17) is 4.74 Å². The highest BCUT2D eigenvalue weighted by atomic mass is 16.5. The molecule has 2 aliphatic heterocycles. The summed E-state index contributed by atoms with van der Waals surface area (Å²) in [7, 11) is 0. The summed E-state index contributed by atoms with van der Waals surface area (Å²) in [5.41, 5.74) is 0. The Morgan fingerprint density at radius 3 is 3.00 bits per heavy atom. The van der Waals surface area contributed by atoms with Gasteiger partial charge in [-0.2, -0.15) is 0 Å². The van der Waals surface area contributed by atoms with Crippen molar-refractivity contribution in [3.63, 3.8) is 0 Å². The van der Waals surface area contributed by atoms with Gasteiger partial charge >= 0.3 is 0 Å². The van der Waals surface area contributed by atoms with Crippen LogP contribution in [0.4, 0.5) is 0 Å². The largest absolute Gasteiger partial charge is 0.480 e. The second-order valence-corrected chi connectivity index (χ2v) is 2.40. The quantitative estimate of drug-likeness (QED) is 0.442. The number of rotatable bonds is 0. The summed E-state index contributed by atoms with van der Waals surface area (Å²) >= 11 is 0. The van der Waals surface area contributed by atoms with Gasteiger partial charge in [0.25, 0.3) is 0 Å². The Hall–Kier alpha value is -0.790. The SMILES string of the molecule is O=C=C1OC2CNC1C2. The molecule has 2 fully saturated rings. The van der Waals surface area contributed by atoms with E-state index in [9.17, 15) is 4.79 Å². The van der Waals surface area contributed by atoms with Crippen molar-refractivity contribution in [2.24, 2.45) is 0 Å². The van der Waals surface area contributed by atoms with Crippen LogP contribution >= 0.6 is 0 Å². The van der Waals surface area contributed by atoms with E-state index < -0.39 is 0 Å². The average molecular weight is 125 g/mol. The van der Waals surface area contributed by atoms with Gasteiger partial charge in [-0.1, -0.05) is 0 Å². The van der Waals surface area contributed by atoms with Gasteiger partial charge in [0.05, 0.1) is 6.04 Å². The maximum Gasteiger partial charge on any atom is 0.197 e. The molecule has 0 aromatic rings. The number of hydrogen-bond acceptors (Lipinski definition) is 3. The van der Waals surface area contributed by atoms with Gasteiger partial charge in [-0.15, -0.1) is 0 Å². The molecule has 0 amide bonds. The number of morpholine rings is 1. The highest BCUT2D eigenvalue weighted by Gasteiger charge is 2.37. The third-order valence-corrected chi connectivity index (χ3v) is 1.80. The number of fused-ring (bicyclic) bond motifs is 2. The Morgan fingerprint density at radius 1 is 1.78 bits per heavy atom. The predicted octanol–water partition coefficient (Wildman–Crippen LogP) is -0.537. The molecule has 0 radical (unpaired) electrons. The number of carbonyl (C=O) groups excluding carboxylic acids is 1. The summed E-state index contributed by atoms with van der Waals surface area (Å²) in [6.07, 6.45) is 1.19. The molecule has 0 aliphatic carbocycles. The molecule has 1 N–H and O–H groups in total. The van der Waals surface area contributed by atoms with Crippen LogP contribution in [-0.4, -0.2) is 24.6 Å². The molecule has 2 bridgehead atoms. The zero-order chi connectivity index (χ0) is 6.27.